The molecular formula is C19H16N2O2S. The van der Waals surface area contributed by atoms with Crippen molar-refractivity contribution in [1.82, 2.24) is 4.98 Å². The second kappa shape index (κ2) is 6.76. The topological polar surface area (TPSA) is 59.1 Å². The van der Waals surface area contributed by atoms with Crippen LogP contribution in [0.25, 0.3) is 11.1 Å². The van der Waals surface area contributed by atoms with Gasteiger partial charge in [-0.15, -0.1) is 0 Å². The highest BCUT2D eigenvalue weighted by Crippen LogP contribution is 2.24. The number of aryl methyl sites for hydroxylation is 1. The minimum Gasteiger partial charge on any atom is -0.298 e. The Kier molecular flexibility index (Phi) is 4.53. The maximum absolute atomic E-state index is 12.3. The van der Waals surface area contributed by atoms with Crippen molar-refractivity contribution in [2.45, 2.75) is 13.8 Å². The van der Waals surface area contributed by atoms with Crippen LogP contribution >= 0.6 is 11.3 Å². The lowest BCUT2D eigenvalue weighted by Gasteiger charge is -2.04. The van der Waals surface area contributed by atoms with E-state index in [1.165, 1.54) is 18.3 Å². The van der Waals surface area contributed by atoms with Gasteiger partial charge in [0.25, 0.3) is 5.91 Å². The van der Waals surface area contributed by atoms with Gasteiger partial charge in [0.05, 0.1) is 10.6 Å². The number of carbonyl (C=O) groups is 2. The molecule has 0 aliphatic carbocycles. The number of amides is 1. The number of rotatable bonds is 4. The Morgan fingerprint density at radius 3 is 2.17 bits per heavy atom. The Hall–Kier alpha value is -2.79. The monoisotopic (exact) mass is 336 g/mol. The van der Waals surface area contributed by atoms with E-state index in [2.05, 4.69) is 10.3 Å². The standard InChI is InChI=1S/C19H16N2O2S/c1-12-17(13(2)22)24-19(20-12)21-18(23)16-10-8-15(9-11-16)14-6-4-3-5-7-14/h3-11H,1-2H3,(H,20,21,23). The Balaban J connectivity index is 1.76. The zero-order valence-electron chi connectivity index (χ0n) is 13.4. The normalized spacial score (nSPS) is 10.4. The number of nitrogens with one attached hydrogen (secondary N) is 1. The zero-order chi connectivity index (χ0) is 17.1. The third kappa shape index (κ3) is 3.41. The fourth-order valence-electron chi connectivity index (χ4n) is 2.39. The first-order valence-electron chi connectivity index (χ1n) is 7.50. The summed E-state index contributed by atoms with van der Waals surface area (Å²) in [4.78, 5) is 28.6. The molecule has 1 heterocycles. The van der Waals surface area contributed by atoms with E-state index in [-0.39, 0.29) is 11.7 Å². The second-order valence-electron chi connectivity index (χ2n) is 5.39. The predicted molar refractivity (Wildman–Crippen MR) is 96.7 cm³/mol. The molecule has 0 saturated carbocycles. The van der Waals surface area contributed by atoms with Crippen molar-refractivity contribution in [2.75, 3.05) is 5.32 Å². The van der Waals surface area contributed by atoms with Crippen LogP contribution in [0.3, 0.4) is 0 Å². The van der Waals surface area contributed by atoms with Gasteiger partial charge >= 0.3 is 0 Å². The van der Waals surface area contributed by atoms with Gasteiger partial charge in [0.15, 0.2) is 10.9 Å². The number of aromatic nitrogens is 1. The summed E-state index contributed by atoms with van der Waals surface area (Å²) < 4.78 is 0. The van der Waals surface area contributed by atoms with E-state index in [1.807, 2.05) is 42.5 Å². The first kappa shape index (κ1) is 16.1. The van der Waals surface area contributed by atoms with E-state index in [9.17, 15) is 9.59 Å². The summed E-state index contributed by atoms with van der Waals surface area (Å²) in [6.45, 7) is 3.26. The Labute approximate surface area is 144 Å². The molecule has 0 aliphatic rings. The molecule has 1 N–H and O–H groups in total. The van der Waals surface area contributed by atoms with Gasteiger partial charge in [-0.1, -0.05) is 53.8 Å². The summed E-state index contributed by atoms with van der Waals surface area (Å²) in [5, 5.41) is 3.19. The van der Waals surface area contributed by atoms with Gasteiger partial charge in [-0.3, -0.25) is 14.9 Å². The summed E-state index contributed by atoms with van der Waals surface area (Å²) in [6.07, 6.45) is 0. The van der Waals surface area contributed by atoms with E-state index in [4.69, 9.17) is 0 Å². The van der Waals surface area contributed by atoms with Crippen molar-refractivity contribution in [2.24, 2.45) is 0 Å². The van der Waals surface area contributed by atoms with Gasteiger partial charge in [0.2, 0.25) is 0 Å². The number of Topliss-reactive ketones (excluding diaryl/α,β-unsaturated/α-hetero) is 1. The highest BCUT2D eigenvalue weighted by atomic mass is 32.1. The molecule has 0 fully saturated rings. The van der Waals surface area contributed by atoms with Crippen LogP contribution in [0, 0.1) is 6.92 Å². The lowest BCUT2D eigenvalue weighted by molar-refractivity contribution is 0.101. The average molecular weight is 336 g/mol. The van der Waals surface area contributed by atoms with Gasteiger partial charge in [0, 0.05) is 12.5 Å². The Morgan fingerprint density at radius 2 is 1.58 bits per heavy atom. The number of nitrogens with zero attached hydrogens (tertiary/aromatic N) is 1. The maximum Gasteiger partial charge on any atom is 0.257 e. The second-order valence-corrected chi connectivity index (χ2v) is 6.39. The number of thiazole rings is 1. The van der Waals surface area contributed by atoms with Gasteiger partial charge in [-0.25, -0.2) is 4.98 Å². The molecule has 3 aromatic rings. The largest absolute Gasteiger partial charge is 0.298 e. The molecule has 0 atom stereocenters. The zero-order valence-corrected chi connectivity index (χ0v) is 14.2. The van der Waals surface area contributed by atoms with Crippen LogP contribution in [0.5, 0.6) is 0 Å². The molecule has 0 unspecified atom stereocenters. The molecule has 0 aliphatic heterocycles. The molecule has 0 saturated heterocycles. The quantitative estimate of drug-likeness (QED) is 0.710. The fourth-order valence-corrected chi connectivity index (χ4v) is 3.25. The number of ketones is 1. The van der Waals surface area contributed by atoms with Gasteiger partial charge < -0.3 is 0 Å². The van der Waals surface area contributed by atoms with Crippen molar-refractivity contribution >= 4 is 28.2 Å². The summed E-state index contributed by atoms with van der Waals surface area (Å²) in [6, 6.07) is 17.4. The lowest BCUT2D eigenvalue weighted by atomic mass is 10.0. The molecule has 5 heteroatoms. The van der Waals surface area contributed by atoms with E-state index < -0.39 is 0 Å². The van der Waals surface area contributed by atoms with Crippen LogP contribution in [0.4, 0.5) is 5.13 Å². The highest BCUT2D eigenvalue weighted by molar-refractivity contribution is 7.17. The van der Waals surface area contributed by atoms with Crippen molar-refractivity contribution in [3.8, 4) is 11.1 Å². The molecule has 120 valence electrons. The van der Waals surface area contributed by atoms with Crippen LogP contribution < -0.4 is 5.32 Å². The van der Waals surface area contributed by atoms with E-state index >= 15 is 0 Å². The molecule has 1 amide bonds. The summed E-state index contributed by atoms with van der Waals surface area (Å²) in [7, 11) is 0. The van der Waals surface area contributed by atoms with Crippen molar-refractivity contribution in [3.63, 3.8) is 0 Å². The summed E-state index contributed by atoms with van der Waals surface area (Å²) in [5.41, 5.74) is 3.34. The van der Waals surface area contributed by atoms with Crippen molar-refractivity contribution in [1.29, 1.82) is 0 Å². The van der Waals surface area contributed by atoms with E-state index in [0.717, 1.165) is 11.1 Å². The first-order chi connectivity index (χ1) is 11.5. The molecule has 0 bridgehead atoms. The van der Waals surface area contributed by atoms with Crippen LogP contribution in [0.1, 0.15) is 32.6 Å². The third-order valence-corrected chi connectivity index (χ3v) is 4.76. The lowest BCUT2D eigenvalue weighted by Crippen LogP contribution is -2.11. The smallest absolute Gasteiger partial charge is 0.257 e. The van der Waals surface area contributed by atoms with Gasteiger partial charge in [-0.05, 0) is 30.2 Å². The van der Waals surface area contributed by atoms with E-state index in [1.54, 1.807) is 19.1 Å². The molecule has 2 aromatic carbocycles. The van der Waals surface area contributed by atoms with E-state index in [0.29, 0.717) is 21.3 Å². The third-order valence-electron chi connectivity index (χ3n) is 3.59. The van der Waals surface area contributed by atoms with Crippen LogP contribution in [-0.2, 0) is 0 Å². The minimum atomic E-state index is -0.238. The molecule has 4 nitrogen and oxygen atoms in total. The number of carbonyl (C=O) groups excluding carboxylic acids is 2. The minimum absolute atomic E-state index is 0.0438. The molecule has 24 heavy (non-hydrogen) atoms. The summed E-state index contributed by atoms with van der Waals surface area (Å²) in [5.74, 6) is -0.281. The molecule has 1 aromatic heterocycles. The number of hydrogen-bond donors (Lipinski definition) is 1. The van der Waals surface area contributed by atoms with Gasteiger partial charge in [0.1, 0.15) is 0 Å². The first-order valence-corrected chi connectivity index (χ1v) is 8.31. The van der Waals surface area contributed by atoms with Crippen LogP contribution in [-0.4, -0.2) is 16.7 Å². The van der Waals surface area contributed by atoms with Crippen LogP contribution in [0.2, 0.25) is 0 Å². The highest BCUT2D eigenvalue weighted by Gasteiger charge is 2.14. The Bertz CT molecular complexity index is 883. The summed E-state index contributed by atoms with van der Waals surface area (Å²) >= 11 is 1.20. The number of hydrogen-bond acceptors (Lipinski definition) is 4. The van der Waals surface area contributed by atoms with Crippen LogP contribution in [0.15, 0.2) is 54.6 Å². The molecule has 0 spiro atoms. The maximum atomic E-state index is 12.3. The number of anilines is 1. The predicted octanol–water partition coefficient (Wildman–Crippen LogP) is 4.57. The molecule has 0 radical (unpaired) electrons. The average Bonchev–Trinajstić information content (AvgIpc) is 2.96. The Morgan fingerprint density at radius 1 is 0.958 bits per heavy atom. The van der Waals surface area contributed by atoms with Gasteiger partial charge in [-0.2, -0.15) is 0 Å². The fraction of sp³-hybridized carbons (Fsp3) is 0.105. The SMILES string of the molecule is CC(=O)c1sc(NC(=O)c2ccc(-c3ccccc3)cc2)nc1C. The van der Waals surface area contributed by atoms with Crippen molar-refractivity contribution < 1.29 is 9.59 Å². The molecular weight excluding hydrogens is 320 g/mol. The number of benzene rings is 2. The van der Waals surface area contributed by atoms with Crippen molar-refractivity contribution in [3.05, 3.63) is 70.7 Å². The molecule has 3 rings (SSSR count).